The molecule has 0 aromatic carbocycles. The van der Waals surface area contributed by atoms with E-state index in [-0.39, 0.29) is 17.6 Å². The maximum atomic E-state index is 11.1. The smallest absolute Gasteiger partial charge is 0.307 e. The van der Waals surface area contributed by atoms with E-state index in [0.717, 1.165) is 0 Å². The van der Waals surface area contributed by atoms with Crippen LogP contribution in [-0.2, 0) is 9.53 Å². The fourth-order valence-corrected chi connectivity index (χ4v) is 1.18. The molecule has 78 valence electrons. The van der Waals surface area contributed by atoms with Gasteiger partial charge in [-0.3, -0.25) is 4.79 Å². The number of carbonyl (C=O) groups is 1. The molecule has 1 atom stereocenters. The molecule has 5 heteroatoms. The van der Waals surface area contributed by atoms with E-state index in [1.807, 2.05) is 0 Å². The van der Waals surface area contributed by atoms with Crippen LogP contribution in [-0.4, -0.2) is 12.6 Å². The van der Waals surface area contributed by atoms with Gasteiger partial charge in [-0.2, -0.15) is 0 Å². The molecule has 1 aromatic heterocycles. The van der Waals surface area contributed by atoms with Gasteiger partial charge in [0.15, 0.2) is 5.22 Å². The molecule has 0 aliphatic heterocycles. The largest absolute Gasteiger partial charge is 0.466 e. The van der Waals surface area contributed by atoms with Crippen LogP contribution in [0.3, 0.4) is 0 Å². The van der Waals surface area contributed by atoms with Crippen molar-refractivity contribution in [3.8, 4) is 0 Å². The molecule has 4 nitrogen and oxygen atoms in total. The highest BCUT2D eigenvalue weighted by molar-refractivity contribution is 6.28. The number of halogens is 1. The Morgan fingerprint density at radius 3 is 2.93 bits per heavy atom. The summed E-state index contributed by atoms with van der Waals surface area (Å²) in [6, 6.07) is 2.73. The first-order chi connectivity index (χ1) is 6.63. The Morgan fingerprint density at radius 1 is 1.71 bits per heavy atom. The van der Waals surface area contributed by atoms with Crippen molar-refractivity contribution >= 4 is 17.6 Å². The second-order valence-corrected chi connectivity index (χ2v) is 3.13. The zero-order valence-electron chi connectivity index (χ0n) is 7.83. The van der Waals surface area contributed by atoms with Gasteiger partial charge in [-0.1, -0.05) is 0 Å². The zero-order valence-corrected chi connectivity index (χ0v) is 8.58. The van der Waals surface area contributed by atoms with Gasteiger partial charge in [-0.05, 0) is 30.7 Å². The van der Waals surface area contributed by atoms with E-state index < -0.39 is 6.04 Å². The van der Waals surface area contributed by atoms with Gasteiger partial charge in [0.25, 0.3) is 0 Å². The summed E-state index contributed by atoms with van der Waals surface area (Å²) in [5.74, 6) is 0.149. The SMILES string of the molecule is CCOC(=O)C[C@H](N)c1ccc(Cl)o1. The molecule has 0 spiro atoms. The van der Waals surface area contributed by atoms with Crippen molar-refractivity contribution in [2.24, 2.45) is 5.73 Å². The highest BCUT2D eigenvalue weighted by atomic mass is 35.5. The monoisotopic (exact) mass is 217 g/mol. The number of ether oxygens (including phenoxy) is 1. The van der Waals surface area contributed by atoms with E-state index >= 15 is 0 Å². The van der Waals surface area contributed by atoms with Gasteiger partial charge in [0, 0.05) is 0 Å². The molecule has 0 aliphatic rings. The number of esters is 1. The van der Waals surface area contributed by atoms with Crippen LogP contribution in [0.2, 0.25) is 5.22 Å². The Balaban J connectivity index is 2.50. The Hall–Kier alpha value is -1.00. The summed E-state index contributed by atoms with van der Waals surface area (Å²) in [5.41, 5.74) is 5.69. The molecule has 2 N–H and O–H groups in total. The Kier molecular flexibility index (Phi) is 3.98. The van der Waals surface area contributed by atoms with Gasteiger partial charge in [0.05, 0.1) is 19.1 Å². The summed E-state index contributed by atoms with van der Waals surface area (Å²) in [7, 11) is 0. The van der Waals surface area contributed by atoms with Gasteiger partial charge in [-0.15, -0.1) is 0 Å². The van der Waals surface area contributed by atoms with Gasteiger partial charge in [0.1, 0.15) is 5.76 Å². The first-order valence-electron chi connectivity index (χ1n) is 4.30. The summed E-state index contributed by atoms with van der Waals surface area (Å²) in [5, 5.41) is 0.263. The minimum Gasteiger partial charge on any atom is -0.466 e. The lowest BCUT2D eigenvalue weighted by atomic mass is 10.2. The number of carbonyl (C=O) groups excluding carboxylic acids is 1. The first kappa shape index (κ1) is 11.1. The van der Waals surface area contributed by atoms with Crippen molar-refractivity contribution in [2.45, 2.75) is 19.4 Å². The molecule has 0 unspecified atom stereocenters. The molecule has 1 heterocycles. The highest BCUT2D eigenvalue weighted by Gasteiger charge is 2.15. The van der Waals surface area contributed by atoms with Crippen molar-refractivity contribution in [1.29, 1.82) is 0 Å². The average Bonchev–Trinajstić information content (AvgIpc) is 2.52. The van der Waals surface area contributed by atoms with E-state index in [1.165, 1.54) is 0 Å². The van der Waals surface area contributed by atoms with Gasteiger partial charge in [-0.25, -0.2) is 0 Å². The van der Waals surface area contributed by atoms with Crippen LogP contribution in [0.1, 0.15) is 25.1 Å². The van der Waals surface area contributed by atoms with Crippen molar-refractivity contribution in [2.75, 3.05) is 6.61 Å². The Morgan fingerprint density at radius 2 is 2.43 bits per heavy atom. The first-order valence-corrected chi connectivity index (χ1v) is 4.67. The average molecular weight is 218 g/mol. The fraction of sp³-hybridized carbons (Fsp3) is 0.444. The molecular formula is C9H12ClNO3. The Bertz CT molecular complexity index is 311. The highest BCUT2D eigenvalue weighted by Crippen LogP contribution is 2.20. The third kappa shape index (κ3) is 3.05. The normalized spacial score (nSPS) is 12.5. The molecule has 1 rings (SSSR count). The second-order valence-electron chi connectivity index (χ2n) is 2.76. The lowest BCUT2D eigenvalue weighted by Crippen LogP contribution is -2.16. The minimum atomic E-state index is -0.499. The van der Waals surface area contributed by atoms with Crippen LogP contribution in [0, 0.1) is 0 Å². The predicted molar refractivity (Wildman–Crippen MR) is 51.9 cm³/mol. The lowest BCUT2D eigenvalue weighted by Gasteiger charge is -2.07. The second kappa shape index (κ2) is 5.02. The third-order valence-electron chi connectivity index (χ3n) is 1.65. The van der Waals surface area contributed by atoms with Crippen LogP contribution < -0.4 is 5.73 Å². The van der Waals surface area contributed by atoms with Crippen LogP contribution in [0.15, 0.2) is 16.5 Å². The third-order valence-corrected chi connectivity index (χ3v) is 1.85. The van der Waals surface area contributed by atoms with Crippen molar-refractivity contribution in [1.82, 2.24) is 0 Å². The number of hydrogen-bond donors (Lipinski definition) is 1. The van der Waals surface area contributed by atoms with Crippen LogP contribution >= 0.6 is 11.6 Å². The van der Waals surface area contributed by atoms with Crippen molar-refractivity contribution in [3.63, 3.8) is 0 Å². The van der Waals surface area contributed by atoms with Gasteiger partial charge in [0.2, 0.25) is 0 Å². The maximum absolute atomic E-state index is 11.1. The van der Waals surface area contributed by atoms with E-state index in [4.69, 9.17) is 26.5 Å². The standard InChI is InChI=1S/C9H12ClNO3/c1-2-13-9(12)5-6(11)7-3-4-8(10)14-7/h3-4,6H,2,5,11H2,1H3/t6-/m0/s1. The number of furan rings is 1. The van der Waals surface area contributed by atoms with Crippen LogP contribution in [0.25, 0.3) is 0 Å². The molecule has 0 fully saturated rings. The number of hydrogen-bond acceptors (Lipinski definition) is 4. The van der Waals surface area contributed by atoms with E-state index in [9.17, 15) is 4.79 Å². The molecule has 0 saturated heterocycles. The number of nitrogens with two attached hydrogens (primary N) is 1. The molecule has 0 amide bonds. The molecule has 1 aromatic rings. The summed E-state index contributed by atoms with van der Waals surface area (Å²) in [6.07, 6.45) is 0.0949. The molecule has 0 bridgehead atoms. The zero-order chi connectivity index (χ0) is 10.6. The quantitative estimate of drug-likeness (QED) is 0.783. The van der Waals surface area contributed by atoms with E-state index in [1.54, 1.807) is 19.1 Å². The predicted octanol–water partition coefficient (Wildman–Crippen LogP) is 1.89. The minimum absolute atomic E-state index is 0.0949. The maximum Gasteiger partial charge on any atom is 0.307 e. The lowest BCUT2D eigenvalue weighted by molar-refractivity contribution is -0.143. The summed E-state index contributed by atoms with van der Waals surface area (Å²) >= 11 is 5.56. The molecule has 0 saturated carbocycles. The van der Waals surface area contributed by atoms with E-state index in [0.29, 0.717) is 12.4 Å². The molecule has 14 heavy (non-hydrogen) atoms. The molecule has 0 radical (unpaired) electrons. The fourth-order valence-electron chi connectivity index (χ4n) is 1.03. The summed E-state index contributed by atoms with van der Waals surface area (Å²) in [4.78, 5) is 11.1. The molecule has 0 aliphatic carbocycles. The van der Waals surface area contributed by atoms with Crippen molar-refractivity contribution in [3.05, 3.63) is 23.1 Å². The summed E-state index contributed by atoms with van der Waals surface area (Å²) < 4.78 is 9.80. The van der Waals surface area contributed by atoms with Crippen LogP contribution in [0.5, 0.6) is 0 Å². The Labute approximate surface area is 87.0 Å². The van der Waals surface area contributed by atoms with Gasteiger partial charge < -0.3 is 14.9 Å². The van der Waals surface area contributed by atoms with Crippen LogP contribution in [0.4, 0.5) is 0 Å². The topological polar surface area (TPSA) is 65.5 Å². The van der Waals surface area contributed by atoms with Crippen molar-refractivity contribution < 1.29 is 13.9 Å². The summed E-state index contributed by atoms with van der Waals surface area (Å²) in [6.45, 7) is 2.09. The number of rotatable bonds is 4. The van der Waals surface area contributed by atoms with Gasteiger partial charge >= 0.3 is 5.97 Å². The van der Waals surface area contributed by atoms with E-state index in [2.05, 4.69) is 0 Å². The molecular weight excluding hydrogens is 206 g/mol.